The molecule has 1 aliphatic heterocycles. The zero-order valence-corrected chi connectivity index (χ0v) is 21.6. The van der Waals surface area contributed by atoms with Crippen LogP contribution < -0.4 is 10.9 Å². The number of pyridine rings is 1. The van der Waals surface area contributed by atoms with E-state index in [1.807, 2.05) is 6.92 Å². The van der Waals surface area contributed by atoms with Gasteiger partial charge in [-0.1, -0.05) is 25.1 Å². The number of fused-ring (bicyclic) bond motifs is 1. The van der Waals surface area contributed by atoms with Crippen LogP contribution in [0.25, 0.3) is 11.0 Å². The zero-order valence-electron chi connectivity index (χ0n) is 20.8. The fourth-order valence-corrected chi connectivity index (χ4v) is 6.85. The highest BCUT2D eigenvalue weighted by molar-refractivity contribution is 7.93. The third-order valence-corrected chi connectivity index (χ3v) is 9.12. The van der Waals surface area contributed by atoms with E-state index in [2.05, 4.69) is 19.6 Å². The van der Waals surface area contributed by atoms with Crippen LogP contribution >= 0.6 is 0 Å². The first-order chi connectivity index (χ1) is 17.5. The van der Waals surface area contributed by atoms with E-state index in [0.717, 1.165) is 12.5 Å². The largest absolute Gasteiger partial charge is 0.363 e. The predicted octanol–water partition coefficient (Wildman–Crippen LogP) is 5.41. The Morgan fingerprint density at radius 1 is 1.22 bits per heavy atom. The Morgan fingerprint density at radius 3 is 2.54 bits per heavy atom. The van der Waals surface area contributed by atoms with Gasteiger partial charge in [0.05, 0.1) is 22.6 Å². The Balaban J connectivity index is 1.73. The molecule has 37 heavy (non-hydrogen) atoms. The molecule has 0 amide bonds. The zero-order chi connectivity index (χ0) is 27.0. The third kappa shape index (κ3) is 5.21. The Kier molecular flexibility index (Phi) is 7.59. The fraction of sp³-hybridized carbons (Fsp3) is 0.480. The summed E-state index contributed by atoms with van der Waals surface area (Å²) >= 11 is 0. The monoisotopic (exact) mass is 539 g/mol. The van der Waals surface area contributed by atoms with Crippen LogP contribution in [0.2, 0.25) is 0 Å². The summed E-state index contributed by atoms with van der Waals surface area (Å²) in [5.74, 6) is -0.723. The van der Waals surface area contributed by atoms with Crippen LogP contribution in [0.5, 0.6) is 0 Å². The van der Waals surface area contributed by atoms with Crippen LogP contribution in [0.3, 0.4) is 0 Å². The average Bonchev–Trinajstić information content (AvgIpc) is 2.87. The number of anilines is 1. The summed E-state index contributed by atoms with van der Waals surface area (Å²) in [5.41, 5.74) is -3.15. The van der Waals surface area contributed by atoms with Crippen molar-refractivity contribution in [3.63, 3.8) is 0 Å². The lowest BCUT2D eigenvalue weighted by molar-refractivity contribution is 0.146. The number of alkyl halides is 3. The van der Waals surface area contributed by atoms with Gasteiger partial charge in [-0.15, -0.1) is 0 Å². The van der Waals surface area contributed by atoms with Gasteiger partial charge >= 0.3 is 0 Å². The molecule has 1 aromatic carbocycles. The summed E-state index contributed by atoms with van der Waals surface area (Å²) in [5, 5.41) is 3.31. The molecule has 0 spiro atoms. The van der Waals surface area contributed by atoms with Crippen molar-refractivity contribution >= 4 is 26.6 Å². The van der Waals surface area contributed by atoms with Crippen LogP contribution in [0.1, 0.15) is 62.3 Å². The molecular formula is C25H29F4N5O2S. The molecule has 3 aromatic rings. The van der Waals surface area contributed by atoms with Crippen molar-refractivity contribution in [2.75, 3.05) is 23.4 Å². The number of nitrogens with zero attached hydrogens (tertiary/aromatic N) is 4. The fourth-order valence-electron chi connectivity index (χ4n) is 4.59. The van der Waals surface area contributed by atoms with Crippen LogP contribution in [0.15, 0.2) is 39.8 Å². The van der Waals surface area contributed by atoms with Gasteiger partial charge in [-0.3, -0.25) is 9.36 Å². The molecule has 7 nitrogen and oxygen atoms in total. The Morgan fingerprint density at radius 2 is 1.89 bits per heavy atom. The van der Waals surface area contributed by atoms with Crippen LogP contribution in [-0.4, -0.2) is 36.8 Å². The normalized spacial score (nSPS) is 22.8. The second-order valence-electron chi connectivity index (χ2n) is 9.30. The van der Waals surface area contributed by atoms with Crippen molar-refractivity contribution in [1.29, 1.82) is 0 Å². The van der Waals surface area contributed by atoms with Gasteiger partial charge in [0.15, 0.2) is 0 Å². The molecule has 2 aromatic heterocycles. The van der Waals surface area contributed by atoms with Crippen molar-refractivity contribution in [3.8, 4) is 0 Å². The number of nitrogens with one attached hydrogen (secondary N) is 1. The second-order valence-corrected chi connectivity index (χ2v) is 11.9. The van der Waals surface area contributed by atoms with Gasteiger partial charge in [-0.05, 0) is 32.3 Å². The number of hydrogen-bond donors (Lipinski definition) is 1. The smallest absolute Gasteiger partial charge is 0.266 e. The minimum atomic E-state index is -2.97. The van der Waals surface area contributed by atoms with Crippen LogP contribution in [-0.2, 0) is 22.4 Å². The summed E-state index contributed by atoms with van der Waals surface area (Å²) < 4.78 is 75.7. The molecule has 0 aliphatic carbocycles. The minimum absolute atomic E-state index is 0.00874. The minimum Gasteiger partial charge on any atom is -0.363 e. The van der Waals surface area contributed by atoms with E-state index in [1.165, 1.54) is 36.1 Å². The number of halogens is 4. The molecule has 0 unspecified atom stereocenters. The number of aryl methyl sites for hydroxylation is 1. The maximum absolute atomic E-state index is 16.2. The van der Waals surface area contributed by atoms with E-state index >= 15 is 4.39 Å². The number of hydrogen-bond acceptors (Lipinski definition) is 6. The summed E-state index contributed by atoms with van der Waals surface area (Å²) in [6, 6.07) is 4.37. The number of benzene rings is 1. The summed E-state index contributed by atoms with van der Waals surface area (Å²) in [6.07, 6.45) is -1.24. The van der Waals surface area contributed by atoms with E-state index in [4.69, 9.17) is 0 Å². The van der Waals surface area contributed by atoms with E-state index in [1.54, 1.807) is 6.92 Å². The molecule has 200 valence electrons. The lowest BCUT2D eigenvalue weighted by Gasteiger charge is -2.31. The van der Waals surface area contributed by atoms with Gasteiger partial charge in [0.1, 0.15) is 29.3 Å². The third-order valence-electron chi connectivity index (χ3n) is 6.79. The summed E-state index contributed by atoms with van der Waals surface area (Å²) in [6.45, 7) is 3.95. The molecule has 3 heterocycles. The molecule has 0 bridgehead atoms. The van der Waals surface area contributed by atoms with E-state index < -0.39 is 44.8 Å². The molecule has 12 heteroatoms. The van der Waals surface area contributed by atoms with E-state index in [-0.39, 0.29) is 46.9 Å². The highest BCUT2D eigenvalue weighted by Crippen LogP contribution is 2.38. The van der Waals surface area contributed by atoms with Crippen molar-refractivity contribution in [2.45, 2.75) is 51.2 Å². The molecule has 4 rings (SSSR count). The predicted molar refractivity (Wildman–Crippen MR) is 136 cm³/mol. The molecule has 0 radical (unpaired) electrons. The molecule has 1 saturated heterocycles. The Labute approximate surface area is 212 Å². The Bertz CT molecular complexity index is 1490. The van der Waals surface area contributed by atoms with Crippen molar-refractivity contribution in [2.24, 2.45) is 11.4 Å². The SMILES string of the molecule is CCCN=S1(=O)CCC(F)(c2cc3c(N[C@H](C)c4cccc(C(F)F)c4F)ncnc3n(C)c2=O)CC1. The maximum atomic E-state index is 16.2. The Hall–Kier alpha value is -3.02. The molecule has 1 atom stereocenters. The van der Waals surface area contributed by atoms with Gasteiger partial charge in [-0.25, -0.2) is 36.1 Å². The van der Waals surface area contributed by atoms with Crippen molar-refractivity contribution < 1.29 is 21.8 Å². The van der Waals surface area contributed by atoms with Gasteiger partial charge in [0.25, 0.3) is 12.0 Å². The quantitative estimate of drug-likeness (QED) is 0.406. The lowest BCUT2D eigenvalue weighted by atomic mass is 9.90. The summed E-state index contributed by atoms with van der Waals surface area (Å²) in [7, 11) is -1.05. The van der Waals surface area contributed by atoms with Crippen LogP contribution in [0, 0.1) is 5.82 Å². The van der Waals surface area contributed by atoms with Crippen molar-refractivity contribution in [1.82, 2.24) is 14.5 Å². The lowest BCUT2D eigenvalue weighted by Crippen LogP contribution is -2.39. The van der Waals surface area contributed by atoms with E-state index in [9.17, 15) is 22.2 Å². The van der Waals surface area contributed by atoms with Gasteiger partial charge in [0, 0.05) is 40.4 Å². The number of aromatic nitrogens is 3. The highest BCUT2D eigenvalue weighted by Gasteiger charge is 2.41. The molecular weight excluding hydrogens is 510 g/mol. The summed E-state index contributed by atoms with van der Waals surface area (Å²) in [4.78, 5) is 21.5. The topological polar surface area (TPSA) is 89.2 Å². The van der Waals surface area contributed by atoms with Gasteiger partial charge < -0.3 is 5.32 Å². The first-order valence-corrected chi connectivity index (χ1v) is 13.9. The number of rotatable bonds is 7. The van der Waals surface area contributed by atoms with Gasteiger partial charge in [0.2, 0.25) is 0 Å². The van der Waals surface area contributed by atoms with E-state index in [0.29, 0.717) is 11.9 Å². The first kappa shape index (κ1) is 27.0. The maximum Gasteiger partial charge on any atom is 0.266 e. The molecule has 0 saturated carbocycles. The first-order valence-electron chi connectivity index (χ1n) is 12.0. The van der Waals surface area contributed by atoms with Gasteiger partial charge in [-0.2, -0.15) is 0 Å². The second kappa shape index (κ2) is 10.4. The molecule has 1 fully saturated rings. The molecule has 1 aliphatic rings. The highest BCUT2D eigenvalue weighted by atomic mass is 32.2. The molecule has 1 N–H and O–H groups in total. The average molecular weight is 540 g/mol. The standard InChI is InChI=1S/C25H29F4N5O2S/c1-4-10-32-37(36)11-8-25(29,9-12-37)19-13-18-22(30-14-31-23(18)34(3)24(19)35)33-15(2)16-6-5-7-17(20(16)26)21(27)28/h5-7,13-15,21H,4,8-12H2,1-3H3,(H,30,31,33)/t15-,25?,37?/m1/s1. The van der Waals surface area contributed by atoms with Crippen molar-refractivity contribution in [3.05, 3.63) is 63.5 Å². The van der Waals surface area contributed by atoms with Crippen LogP contribution in [0.4, 0.5) is 23.4 Å².